The van der Waals surface area contributed by atoms with Gasteiger partial charge in [0.2, 0.25) is 5.91 Å². The topological polar surface area (TPSA) is 95.2 Å². The summed E-state index contributed by atoms with van der Waals surface area (Å²) in [6.45, 7) is 1.43. The summed E-state index contributed by atoms with van der Waals surface area (Å²) >= 11 is 0. The number of nitrogens with zero attached hydrogens (tertiary/aromatic N) is 3. The average Bonchev–Trinajstić information content (AvgIpc) is 2.74. The largest absolute Gasteiger partial charge is 0.433 e. The van der Waals surface area contributed by atoms with Crippen LogP contribution in [-0.2, 0) is 22.2 Å². The van der Waals surface area contributed by atoms with E-state index in [9.17, 15) is 27.2 Å². The fourth-order valence-electron chi connectivity index (χ4n) is 3.30. The summed E-state index contributed by atoms with van der Waals surface area (Å²) in [6.07, 6.45) is -2.93. The number of Topliss-reactive ketones (excluding diaryl/α,β-unsaturated/α-hetero) is 1. The quantitative estimate of drug-likeness (QED) is 0.577. The van der Waals surface area contributed by atoms with Crippen molar-refractivity contribution in [1.29, 1.82) is 5.26 Å². The van der Waals surface area contributed by atoms with Gasteiger partial charge in [-0.1, -0.05) is 6.07 Å². The van der Waals surface area contributed by atoms with Gasteiger partial charge in [0.15, 0.2) is 5.78 Å². The number of alkyl halides is 3. The van der Waals surface area contributed by atoms with E-state index in [-0.39, 0.29) is 39.9 Å². The molecule has 0 saturated carbocycles. The number of halogens is 4. The summed E-state index contributed by atoms with van der Waals surface area (Å²) in [6, 6.07) is 6.22. The van der Waals surface area contributed by atoms with Crippen LogP contribution in [0.2, 0.25) is 0 Å². The van der Waals surface area contributed by atoms with Crippen LogP contribution >= 0.6 is 0 Å². The van der Waals surface area contributed by atoms with Crippen molar-refractivity contribution in [2.75, 3.05) is 7.05 Å². The van der Waals surface area contributed by atoms with Crippen LogP contribution in [0.4, 0.5) is 17.6 Å². The first-order chi connectivity index (χ1) is 15.1. The summed E-state index contributed by atoms with van der Waals surface area (Å²) in [7, 11) is 1.32. The Balaban J connectivity index is 2.17. The number of rotatable bonds is 4. The number of amides is 1. The van der Waals surface area contributed by atoms with Gasteiger partial charge in [0.1, 0.15) is 17.4 Å². The number of pyridine rings is 1. The van der Waals surface area contributed by atoms with E-state index in [0.29, 0.717) is 6.07 Å². The van der Waals surface area contributed by atoms with Crippen LogP contribution in [-0.4, -0.2) is 29.9 Å². The van der Waals surface area contributed by atoms with Crippen molar-refractivity contribution >= 4 is 23.5 Å². The molecule has 1 aromatic heterocycles. The Labute approximate surface area is 180 Å². The zero-order chi connectivity index (χ0) is 23.6. The summed E-state index contributed by atoms with van der Waals surface area (Å²) in [5.41, 5.74) is -1.10. The first-order valence-electron chi connectivity index (χ1n) is 9.32. The minimum atomic E-state index is -4.79. The average molecular weight is 444 g/mol. The van der Waals surface area contributed by atoms with Gasteiger partial charge in [-0.2, -0.15) is 18.4 Å². The van der Waals surface area contributed by atoms with E-state index in [0.717, 1.165) is 18.5 Å². The minimum Gasteiger partial charge on any atom is -0.358 e. The lowest BCUT2D eigenvalue weighted by Gasteiger charge is -2.21. The van der Waals surface area contributed by atoms with Crippen molar-refractivity contribution in [2.24, 2.45) is 10.9 Å². The molecule has 2 aromatic rings. The van der Waals surface area contributed by atoms with E-state index in [1.165, 1.54) is 26.1 Å². The number of nitriles is 1. The third kappa shape index (κ3) is 4.42. The molecule has 0 spiro atoms. The number of ketones is 1. The molecule has 0 bridgehead atoms. The van der Waals surface area contributed by atoms with Gasteiger partial charge in [-0.15, -0.1) is 0 Å². The molecule has 3 rings (SSSR count). The number of aromatic nitrogens is 1. The van der Waals surface area contributed by atoms with Crippen LogP contribution in [0.1, 0.15) is 34.9 Å². The fraction of sp³-hybridized carbons (Fsp3) is 0.227. The van der Waals surface area contributed by atoms with E-state index in [1.807, 2.05) is 0 Å². The summed E-state index contributed by atoms with van der Waals surface area (Å²) in [4.78, 5) is 32.5. The van der Waals surface area contributed by atoms with Gasteiger partial charge in [0.05, 0.1) is 11.6 Å². The SMILES string of the molecule is CNC(=O)C1C=NC(C)=C(c2cc(C(F)(F)F)ncc2Cc2ccc(C#N)cc2F)C1=O. The van der Waals surface area contributed by atoms with Crippen molar-refractivity contribution in [2.45, 2.75) is 19.5 Å². The van der Waals surface area contributed by atoms with Gasteiger partial charge in [-0.05, 0) is 41.8 Å². The number of aliphatic imine (C=N–C) groups is 1. The molecule has 2 heterocycles. The first kappa shape index (κ1) is 22.8. The van der Waals surface area contributed by atoms with E-state index in [4.69, 9.17) is 5.26 Å². The molecule has 32 heavy (non-hydrogen) atoms. The summed E-state index contributed by atoms with van der Waals surface area (Å²) < 4.78 is 54.5. The van der Waals surface area contributed by atoms with E-state index in [2.05, 4.69) is 15.3 Å². The predicted octanol–water partition coefficient (Wildman–Crippen LogP) is 3.45. The summed E-state index contributed by atoms with van der Waals surface area (Å²) in [5, 5.41) is 11.2. The zero-order valence-electron chi connectivity index (χ0n) is 16.9. The summed E-state index contributed by atoms with van der Waals surface area (Å²) in [5.74, 6) is -3.41. The van der Waals surface area contributed by atoms with Crippen LogP contribution < -0.4 is 5.32 Å². The highest BCUT2D eigenvalue weighted by Crippen LogP contribution is 2.35. The molecule has 1 atom stereocenters. The molecule has 0 fully saturated rings. The molecule has 1 aromatic carbocycles. The van der Waals surface area contributed by atoms with Gasteiger partial charge in [-0.25, -0.2) is 4.39 Å². The standard InChI is InChI=1S/C22H16F4N4O2/c1-11-19(20(31)16(10-29-11)21(32)28-2)15-7-18(22(24,25)26)30-9-14(15)6-13-4-3-12(8-27)5-17(13)23/h3-5,7,9-10,16H,6H2,1-2H3,(H,28,32). The molecule has 1 aliphatic rings. The van der Waals surface area contributed by atoms with Crippen LogP contribution in [0, 0.1) is 23.1 Å². The number of allylic oxidation sites excluding steroid dienone is 2. The Morgan fingerprint density at radius 3 is 2.56 bits per heavy atom. The molecular weight excluding hydrogens is 428 g/mol. The van der Waals surface area contributed by atoms with Crippen molar-refractivity contribution in [3.8, 4) is 6.07 Å². The van der Waals surface area contributed by atoms with Gasteiger partial charge in [0.25, 0.3) is 0 Å². The highest BCUT2D eigenvalue weighted by atomic mass is 19.4. The molecule has 1 amide bonds. The van der Waals surface area contributed by atoms with E-state index >= 15 is 0 Å². The Kier molecular flexibility index (Phi) is 6.20. The monoisotopic (exact) mass is 444 g/mol. The number of carbonyl (C=O) groups is 2. The van der Waals surface area contributed by atoms with Crippen molar-refractivity contribution < 1.29 is 27.2 Å². The minimum absolute atomic E-state index is 0.0841. The third-order valence-corrected chi connectivity index (χ3v) is 4.95. The molecule has 0 radical (unpaired) electrons. The number of nitrogens with one attached hydrogen (secondary N) is 1. The highest BCUT2D eigenvalue weighted by molar-refractivity contribution is 6.34. The van der Waals surface area contributed by atoms with Crippen molar-refractivity contribution in [3.63, 3.8) is 0 Å². The molecule has 10 heteroatoms. The van der Waals surface area contributed by atoms with Gasteiger partial charge >= 0.3 is 6.18 Å². The number of carbonyl (C=O) groups excluding carboxylic acids is 2. The Morgan fingerprint density at radius 2 is 1.97 bits per heavy atom. The lowest BCUT2D eigenvalue weighted by Crippen LogP contribution is -2.36. The lowest BCUT2D eigenvalue weighted by atomic mass is 9.86. The van der Waals surface area contributed by atoms with Crippen molar-refractivity contribution in [3.05, 3.63) is 69.9 Å². The number of hydrogen-bond donors (Lipinski definition) is 1. The zero-order valence-corrected chi connectivity index (χ0v) is 16.9. The first-order valence-corrected chi connectivity index (χ1v) is 9.32. The third-order valence-electron chi connectivity index (χ3n) is 4.95. The smallest absolute Gasteiger partial charge is 0.358 e. The molecule has 1 aliphatic heterocycles. The lowest BCUT2D eigenvalue weighted by molar-refractivity contribution is -0.141. The van der Waals surface area contributed by atoms with E-state index < -0.39 is 35.3 Å². The number of benzene rings is 1. The van der Waals surface area contributed by atoms with Crippen LogP contribution in [0.15, 0.2) is 41.2 Å². The Morgan fingerprint density at radius 1 is 1.25 bits per heavy atom. The normalized spacial score (nSPS) is 16.2. The molecule has 1 unspecified atom stereocenters. The fourth-order valence-corrected chi connectivity index (χ4v) is 3.30. The maximum absolute atomic E-state index is 14.4. The van der Waals surface area contributed by atoms with Crippen LogP contribution in [0.3, 0.4) is 0 Å². The predicted molar refractivity (Wildman–Crippen MR) is 107 cm³/mol. The van der Waals surface area contributed by atoms with Crippen LogP contribution in [0.25, 0.3) is 5.57 Å². The Bertz CT molecular complexity index is 1210. The van der Waals surface area contributed by atoms with Gasteiger partial charge < -0.3 is 5.32 Å². The molecule has 0 saturated heterocycles. The highest BCUT2D eigenvalue weighted by Gasteiger charge is 2.36. The molecule has 0 aliphatic carbocycles. The number of hydrogen-bond acceptors (Lipinski definition) is 5. The molecule has 1 N–H and O–H groups in total. The molecule has 164 valence electrons. The molecule has 6 nitrogen and oxygen atoms in total. The van der Waals surface area contributed by atoms with Crippen molar-refractivity contribution in [1.82, 2.24) is 10.3 Å². The second-order valence-corrected chi connectivity index (χ2v) is 7.01. The van der Waals surface area contributed by atoms with Gasteiger partial charge in [-0.3, -0.25) is 19.6 Å². The second-order valence-electron chi connectivity index (χ2n) is 7.01. The van der Waals surface area contributed by atoms with Crippen LogP contribution in [0.5, 0.6) is 0 Å². The molecular formula is C22H16F4N4O2. The van der Waals surface area contributed by atoms with Gasteiger partial charge in [0, 0.05) is 37.2 Å². The maximum atomic E-state index is 14.4. The second kappa shape index (κ2) is 8.70. The van der Waals surface area contributed by atoms with E-state index in [1.54, 1.807) is 6.07 Å². The Hall–Kier alpha value is -3.87. The maximum Gasteiger partial charge on any atom is 0.433 e.